The summed E-state index contributed by atoms with van der Waals surface area (Å²) in [5.74, 6) is 0. The molecule has 0 radical (unpaired) electrons. The molecule has 0 saturated carbocycles. The van der Waals surface area contributed by atoms with Crippen LogP contribution in [-0.2, 0) is 0 Å². The number of nitrogens with zero attached hydrogens (tertiary/aromatic N) is 3. The first-order valence-electron chi connectivity index (χ1n) is 15.1. The zero-order valence-electron chi connectivity index (χ0n) is 26.1. The summed E-state index contributed by atoms with van der Waals surface area (Å²) in [4.78, 5) is 19.2. The highest BCUT2D eigenvalue weighted by Crippen LogP contribution is 2.42. The van der Waals surface area contributed by atoms with Gasteiger partial charge in [-0.15, -0.1) is 0 Å². The number of benzene rings is 2. The van der Waals surface area contributed by atoms with Gasteiger partial charge in [-0.3, -0.25) is 4.99 Å². The van der Waals surface area contributed by atoms with Crippen LogP contribution in [0.15, 0.2) is 117 Å². The quantitative estimate of drug-likeness (QED) is 0.293. The van der Waals surface area contributed by atoms with Crippen LogP contribution in [0.1, 0.15) is 65.0 Å². The van der Waals surface area contributed by atoms with E-state index in [0.717, 1.165) is 68.4 Å². The number of aliphatic hydroxyl groups is 1. The molecule has 4 aliphatic rings. The van der Waals surface area contributed by atoms with Crippen molar-refractivity contribution in [3.05, 3.63) is 147 Å². The Kier molecular flexibility index (Phi) is 6.51. The fraction of sp³-hybridized carbons (Fsp3) is 0.205. The highest BCUT2D eigenvalue weighted by Gasteiger charge is 2.35. The number of aliphatic imine (C=N–C) groups is 3. The lowest BCUT2D eigenvalue weighted by molar-refractivity contribution is 0.470. The SMILES string of the molecule is Cc1ccc(C2=C3C=CC(=N3)C(c3c(C)cc(C)cc3C)=C3C=CC(=N3)/C(=C\O)C3=NC(=Cc4ccc2[nH]4)C(C)(C)C3)cc1. The first-order chi connectivity index (χ1) is 21.1. The molecule has 3 aromatic rings. The van der Waals surface area contributed by atoms with Gasteiger partial charge < -0.3 is 10.1 Å². The number of aromatic nitrogens is 1. The number of H-pyrrole nitrogens is 1. The molecule has 2 aromatic carbocycles. The van der Waals surface area contributed by atoms with E-state index in [-0.39, 0.29) is 5.41 Å². The van der Waals surface area contributed by atoms with Crippen LogP contribution in [0.5, 0.6) is 0 Å². The maximum absolute atomic E-state index is 10.5. The van der Waals surface area contributed by atoms with Crippen molar-refractivity contribution >= 4 is 34.4 Å². The van der Waals surface area contributed by atoms with Crippen LogP contribution in [0.25, 0.3) is 17.2 Å². The first-order valence-corrected chi connectivity index (χ1v) is 15.1. The molecule has 0 unspecified atom stereocenters. The third kappa shape index (κ3) is 4.69. The Balaban J connectivity index is 1.55. The normalized spacial score (nSPS) is 19.5. The van der Waals surface area contributed by atoms with Crippen LogP contribution in [0, 0.1) is 33.1 Å². The number of allylic oxidation sites excluding steroid dienone is 7. The fourth-order valence-corrected chi connectivity index (χ4v) is 6.72. The van der Waals surface area contributed by atoms with Gasteiger partial charge in [0, 0.05) is 40.1 Å². The van der Waals surface area contributed by atoms with Crippen molar-refractivity contribution in [1.29, 1.82) is 0 Å². The number of nitrogens with one attached hydrogen (secondary N) is 1. The molecular formula is C39H36N4O. The van der Waals surface area contributed by atoms with Crippen LogP contribution in [0.4, 0.5) is 0 Å². The molecule has 0 atom stereocenters. The van der Waals surface area contributed by atoms with Crippen molar-refractivity contribution in [1.82, 2.24) is 4.98 Å². The maximum atomic E-state index is 10.5. The lowest BCUT2D eigenvalue weighted by atomic mass is 9.84. The minimum Gasteiger partial charge on any atom is -0.515 e. The molecule has 5 heterocycles. The summed E-state index contributed by atoms with van der Waals surface area (Å²) in [6.45, 7) is 12.9. The monoisotopic (exact) mass is 576 g/mol. The summed E-state index contributed by atoms with van der Waals surface area (Å²) >= 11 is 0. The van der Waals surface area contributed by atoms with Crippen LogP contribution in [0.2, 0.25) is 0 Å². The van der Waals surface area contributed by atoms with Gasteiger partial charge in [-0.25, -0.2) is 9.98 Å². The first kappa shape index (κ1) is 27.8. The Bertz CT molecular complexity index is 2010. The molecule has 218 valence electrons. The van der Waals surface area contributed by atoms with E-state index >= 15 is 0 Å². The van der Waals surface area contributed by atoms with Crippen molar-refractivity contribution in [2.75, 3.05) is 0 Å². The van der Waals surface area contributed by atoms with Crippen molar-refractivity contribution in [3.8, 4) is 0 Å². The third-order valence-corrected chi connectivity index (χ3v) is 8.86. The Labute approximate surface area is 258 Å². The molecule has 7 rings (SSSR count). The van der Waals surface area contributed by atoms with Crippen molar-refractivity contribution in [2.45, 2.75) is 48.0 Å². The van der Waals surface area contributed by atoms with E-state index in [1.165, 1.54) is 22.3 Å². The zero-order valence-corrected chi connectivity index (χ0v) is 26.1. The molecule has 5 heteroatoms. The van der Waals surface area contributed by atoms with Gasteiger partial charge >= 0.3 is 0 Å². The summed E-state index contributed by atoms with van der Waals surface area (Å²) < 4.78 is 0. The van der Waals surface area contributed by atoms with Gasteiger partial charge in [-0.2, -0.15) is 0 Å². The molecule has 44 heavy (non-hydrogen) atoms. The smallest absolute Gasteiger partial charge is 0.0904 e. The summed E-state index contributed by atoms with van der Waals surface area (Å²) in [7, 11) is 0. The highest BCUT2D eigenvalue weighted by atomic mass is 16.2. The molecule has 4 aliphatic heterocycles. The molecule has 8 bridgehead atoms. The largest absolute Gasteiger partial charge is 0.515 e. The number of aromatic amines is 1. The van der Waals surface area contributed by atoms with Gasteiger partial charge in [0.25, 0.3) is 0 Å². The molecule has 2 N–H and O–H groups in total. The number of hydrogen-bond acceptors (Lipinski definition) is 4. The Hall–Kier alpha value is -5.03. The van der Waals surface area contributed by atoms with E-state index in [1.54, 1.807) is 0 Å². The zero-order chi connectivity index (χ0) is 30.7. The average molecular weight is 577 g/mol. The standard InChI is InChI=1S/C39H36N4O/c1-22-7-9-26(10-8-22)37-30-12-11-27(40-30)19-35-39(5,6)20-34(43-35)28(21-44)29-13-14-32(41-29)38(33-16-15-31(37)42-33)36-24(3)17-23(2)18-25(36)4/h7-19,21,40,44H,20H2,1-6H3/b28-21+,35-19?,37-31?,38-32?. The Morgan fingerprint density at radius 1 is 0.750 bits per heavy atom. The summed E-state index contributed by atoms with van der Waals surface area (Å²) in [6.07, 6.45) is 12.2. The van der Waals surface area contributed by atoms with Gasteiger partial charge in [-0.05, 0) is 92.5 Å². The Morgan fingerprint density at radius 3 is 2.11 bits per heavy atom. The van der Waals surface area contributed by atoms with Gasteiger partial charge in [0.05, 0.1) is 40.4 Å². The average Bonchev–Trinajstić information content (AvgIpc) is 3.77. The maximum Gasteiger partial charge on any atom is 0.0904 e. The fourth-order valence-electron chi connectivity index (χ4n) is 6.72. The van der Waals surface area contributed by atoms with Gasteiger partial charge in [-0.1, -0.05) is 61.4 Å². The minimum absolute atomic E-state index is 0.211. The second kappa shape index (κ2) is 10.3. The Morgan fingerprint density at radius 2 is 1.41 bits per heavy atom. The van der Waals surface area contributed by atoms with Gasteiger partial charge in [0.15, 0.2) is 0 Å². The van der Waals surface area contributed by atoms with Crippen molar-refractivity contribution < 1.29 is 5.11 Å². The topological polar surface area (TPSA) is 73.1 Å². The molecule has 0 aliphatic carbocycles. The van der Waals surface area contributed by atoms with E-state index in [4.69, 9.17) is 15.0 Å². The van der Waals surface area contributed by atoms with Gasteiger partial charge in [0.2, 0.25) is 0 Å². The van der Waals surface area contributed by atoms with Crippen molar-refractivity contribution in [3.63, 3.8) is 0 Å². The van der Waals surface area contributed by atoms with Crippen LogP contribution >= 0.6 is 0 Å². The molecule has 0 spiro atoms. The molecule has 0 amide bonds. The van der Waals surface area contributed by atoms with E-state index in [1.807, 2.05) is 12.2 Å². The summed E-state index contributed by atoms with van der Waals surface area (Å²) in [6, 6.07) is 17.3. The van der Waals surface area contributed by atoms with Crippen LogP contribution in [0.3, 0.4) is 0 Å². The minimum atomic E-state index is -0.211. The lowest BCUT2D eigenvalue weighted by Gasteiger charge is -2.18. The molecular weight excluding hydrogens is 540 g/mol. The second-order valence-corrected chi connectivity index (χ2v) is 12.8. The second-order valence-electron chi connectivity index (χ2n) is 12.8. The molecule has 0 fully saturated rings. The highest BCUT2D eigenvalue weighted by molar-refractivity contribution is 6.35. The lowest BCUT2D eigenvalue weighted by Crippen LogP contribution is -2.15. The number of rotatable bonds is 2. The van der Waals surface area contributed by atoms with E-state index in [2.05, 4.69) is 113 Å². The van der Waals surface area contributed by atoms with Crippen molar-refractivity contribution in [2.24, 2.45) is 20.4 Å². The van der Waals surface area contributed by atoms with Gasteiger partial charge in [0.1, 0.15) is 0 Å². The predicted octanol–water partition coefficient (Wildman–Crippen LogP) is 9.11. The molecule has 1 aromatic heterocycles. The van der Waals surface area contributed by atoms with E-state index < -0.39 is 0 Å². The molecule has 0 saturated heterocycles. The summed E-state index contributed by atoms with van der Waals surface area (Å²) in [5.41, 5.74) is 16.5. The van der Waals surface area contributed by atoms with E-state index in [9.17, 15) is 5.11 Å². The molecule has 5 nitrogen and oxygen atoms in total. The predicted molar refractivity (Wildman–Crippen MR) is 183 cm³/mol. The number of aliphatic hydroxyl groups excluding tert-OH is 1. The number of aryl methyl sites for hydroxylation is 4. The van der Waals surface area contributed by atoms with E-state index in [0.29, 0.717) is 17.7 Å². The number of fused-ring (bicyclic) bond motifs is 5. The third-order valence-electron chi connectivity index (χ3n) is 8.86. The summed E-state index contributed by atoms with van der Waals surface area (Å²) in [5, 5.41) is 10.5. The van der Waals surface area contributed by atoms with Crippen LogP contribution < -0.4 is 0 Å². The van der Waals surface area contributed by atoms with Crippen LogP contribution in [-0.4, -0.2) is 27.2 Å². The number of hydrogen-bond donors (Lipinski definition) is 2.